The molecule has 3 heteroatoms. The van der Waals surface area contributed by atoms with Gasteiger partial charge in [-0.2, -0.15) is 0 Å². The molecule has 0 spiro atoms. The molecular weight excluding hydrogens is 250 g/mol. The lowest BCUT2D eigenvalue weighted by Gasteiger charge is -2.18. The molecule has 1 unspecified atom stereocenters. The molecule has 0 bridgehead atoms. The molecule has 1 N–H and O–H groups in total. The number of rotatable bonds is 2. The number of carbonyl (C=O) groups is 2. The highest BCUT2D eigenvalue weighted by Gasteiger charge is 2.27. The van der Waals surface area contributed by atoms with E-state index in [4.69, 9.17) is 0 Å². The molecule has 0 aliphatic heterocycles. The van der Waals surface area contributed by atoms with Gasteiger partial charge in [0.15, 0.2) is 11.6 Å². The summed E-state index contributed by atoms with van der Waals surface area (Å²) in [4.78, 5) is 24.2. The van der Waals surface area contributed by atoms with Crippen molar-refractivity contribution in [2.75, 3.05) is 5.32 Å². The molecule has 0 fully saturated rings. The van der Waals surface area contributed by atoms with Crippen LogP contribution in [0.5, 0.6) is 0 Å². The molecule has 1 aromatic carbocycles. The molecule has 0 radical (unpaired) electrons. The Balaban J connectivity index is 2.23. The van der Waals surface area contributed by atoms with Gasteiger partial charge < -0.3 is 5.32 Å². The maximum atomic E-state index is 12.4. The lowest BCUT2D eigenvalue weighted by Crippen LogP contribution is -2.29. The largest absolute Gasteiger partial charge is 0.375 e. The Kier molecular flexibility index (Phi) is 4.07. The van der Waals surface area contributed by atoms with Gasteiger partial charge >= 0.3 is 0 Å². The molecule has 1 aliphatic rings. The Morgan fingerprint density at radius 3 is 2.35 bits per heavy atom. The van der Waals surface area contributed by atoms with Crippen molar-refractivity contribution < 1.29 is 9.59 Å². The monoisotopic (exact) mass is 271 g/mol. The third-order valence-electron chi connectivity index (χ3n) is 4.17. The van der Waals surface area contributed by atoms with Crippen LogP contribution in [0.3, 0.4) is 0 Å². The average Bonchev–Trinajstić information content (AvgIpc) is 2.51. The molecule has 3 nitrogen and oxygen atoms in total. The van der Waals surface area contributed by atoms with Crippen LogP contribution < -0.4 is 5.32 Å². The smallest absolute Gasteiger partial charge is 0.181 e. The van der Waals surface area contributed by atoms with Gasteiger partial charge in [0.25, 0.3) is 0 Å². The second kappa shape index (κ2) is 5.61. The maximum absolute atomic E-state index is 12.4. The van der Waals surface area contributed by atoms with Crippen molar-refractivity contribution >= 4 is 17.3 Å². The van der Waals surface area contributed by atoms with E-state index in [0.29, 0.717) is 24.0 Å². The fourth-order valence-electron chi connectivity index (χ4n) is 2.42. The quantitative estimate of drug-likeness (QED) is 0.897. The van der Waals surface area contributed by atoms with Gasteiger partial charge in [0.2, 0.25) is 0 Å². The van der Waals surface area contributed by atoms with Crippen molar-refractivity contribution in [1.29, 1.82) is 0 Å². The van der Waals surface area contributed by atoms with Gasteiger partial charge in [-0.05, 0) is 62.9 Å². The summed E-state index contributed by atoms with van der Waals surface area (Å²) in [5.74, 6) is 0.117. The van der Waals surface area contributed by atoms with Gasteiger partial charge in [-0.25, -0.2) is 0 Å². The molecule has 0 amide bonds. The summed E-state index contributed by atoms with van der Waals surface area (Å²) in [6.07, 6.45) is 0.983. The first-order chi connectivity index (χ1) is 9.40. The summed E-state index contributed by atoms with van der Waals surface area (Å²) in [6, 6.07) is 5.76. The first-order valence-electron chi connectivity index (χ1n) is 6.99. The predicted octanol–water partition coefficient (Wildman–Crippen LogP) is 3.35. The van der Waals surface area contributed by atoms with E-state index < -0.39 is 0 Å². The van der Waals surface area contributed by atoms with Crippen LogP contribution in [0.1, 0.15) is 37.8 Å². The van der Waals surface area contributed by atoms with Crippen LogP contribution in [0.25, 0.3) is 0 Å². The van der Waals surface area contributed by atoms with Gasteiger partial charge in [-0.1, -0.05) is 6.07 Å². The summed E-state index contributed by atoms with van der Waals surface area (Å²) in [5, 5.41) is 3.27. The number of Topliss-reactive ketones (excluding diaryl/α,β-unsaturated/α-hetero) is 2. The molecule has 0 saturated carbocycles. The molecular formula is C17H21NO2. The summed E-state index contributed by atoms with van der Waals surface area (Å²) in [5.41, 5.74) is 4.56. The van der Waals surface area contributed by atoms with E-state index >= 15 is 0 Å². The second-order valence-corrected chi connectivity index (χ2v) is 5.57. The van der Waals surface area contributed by atoms with Crippen molar-refractivity contribution in [3.05, 3.63) is 40.5 Å². The van der Waals surface area contributed by atoms with E-state index in [1.807, 2.05) is 25.1 Å². The standard InChI is InChI=1S/C17H21NO2/c1-10-5-6-14(9-11(10)2)18-15-7-8-16(19)12(3)13(4)17(15)20/h5-6,9,15,18H,7-8H2,1-4H3. The van der Waals surface area contributed by atoms with Crippen LogP contribution in [0.4, 0.5) is 5.69 Å². The molecule has 1 aromatic rings. The Labute approximate surface area is 120 Å². The van der Waals surface area contributed by atoms with E-state index in [1.54, 1.807) is 13.8 Å². The first kappa shape index (κ1) is 14.5. The van der Waals surface area contributed by atoms with Crippen molar-refractivity contribution in [3.8, 4) is 0 Å². The second-order valence-electron chi connectivity index (χ2n) is 5.57. The lowest BCUT2D eigenvalue weighted by atomic mass is 10.0. The SMILES string of the molecule is CC1=C(C)C(=O)C(Nc2ccc(C)c(C)c2)CCC1=O. The highest BCUT2D eigenvalue weighted by Crippen LogP contribution is 2.22. The van der Waals surface area contributed by atoms with Gasteiger partial charge in [0, 0.05) is 17.7 Å². The molecule has 0 heterocycles. The Morgan fingerprint density at radius 2 is 1.70 bits per heavy atom. The van der Waals surface area contributed by atoms with Crippen LogP contribution in [-0.4, -0.2) is 17.6 Å². The number of aryl methyl sites for hydroxylation is 2. The summed E-state index contributed by atoms with van der Waals surface area (Å²) in [7, 11) is 0. The number of carbonyl (C=O) groups excluding carboxylic acids is 2. The summed E-state index contributed by atoms with van der Waals surface area (Å²) in [6.45, 7) is 7.60. The molecule has 1 aliphatic carbocycles. The van der Waals surface area contributed by atoms with E-state index in [0.717, 1.165) is 5.69 Å². The fourth-order valence-corrected chi connectivity index (χ4v) is 2.42. The molecule has 0 saturated heterocycles. The topological polar surface area (TPSA) is 46.2 Å². The number of nitrogens with one attached hydrogen (secondary N) is 1. The van der Waals surface area contributed by atoms with E-state index in [9.17, 15) is 9.59 Å². The highest BCUT2D eigenvalue weighted by molar-refractivity contribution is 6.10. The zero-order valence-corrected chi connectivity index (χ0v) is 12.5. The van der Waals surface area contributed by atoms with Crippen LogP contribution in [0.15, 0.2) is 29.3 Å². The van der Waals surface area contributed by atoms with Gasteiger partial charge in [-0.15, -0.1) is 0 Å². The van der Waals surface area contributed by atoms with E-state index in [-0.39, 0.29) is 17.6 Å². The summed E-state index contributed by atoms with van der Waals surface area (Å²) < 4.78 is 0. The normalized spacial score (nSPS) is 20.1. The molecule has 0 aromatic heterocycles. The van der Waals surface area contributed by atoms with Crippen LogP contribution in [0, 0.1) is 13.8 Å². The van der Waals surface area contributed by atoms with Gasteiger partial charge in [-0.3, -0.25) is 9.59 Å². The zero-order valence-electron chi connectivity index (χ0n) is 12.5. The van der Waals surface area contributed by atoms with Crippen molar-refractivity contribution in [3.63, 3.8) is 0 Å². The zero-order chi connectivity index (χ0) is 14.9. The van der Waals surface area contributed by atoms with E-state index in [1.165, 1.54) is 11.1 Å². The molecule has 1 atom stereocenters. The fraction of sp³-hybridized carbons (Fsp3) is 0.412. The van der Waals surface area contributed by atoms with Crippen molar-refractivity contribution in [2.45, 2.75) is 46.6 Å². The third kappa shape index (κ3) is 2.82. The Morgan fingerprint density at radius 1 is 1.00 bits per heavy atom. The number of hydrogen-bond donors (Lipinski definition) is 1. The molecule has 106 valence electrons. The first-order valence-corrected chi connectivity index (χ1v) is 6.99. The Hall–Kier alpha value is -1.90. The third-order valence-corrected chi connectivity index (χ3v) is 4.17. The van der Waals surface area contributed by atoms with Gasteiger partial charge in [0.1, 0.15) is 0 Å². The van der Waals surface area contributed by atoms with E-state index in [2.05, 4.69) is 12.2 Å². The van der Waals surface area contributed by atoms with Crippen LogP contribution >= 0.6 is 0 Å². The van der Waals surface area contributed by atoms with Crippen LogP contribution in [-0.2, 0) is 9.59 Å². The van der Waals surface area contributed by atoms with Crippen LogP contribution in [0.2, 0.25) is 0 Å². The van der Waals surface area contributed by atoms with Crippen molar-refractivity contribution in [1.82, 2.24) is 0 Å². The number of allylic oxidation sites excluding steroid dienone is 1. The average molecular weight is 271 g/mol. The highest BCUT2D eigenvalue weighted by atomic mass is 16.1. The number of ketones is 2. The minimum absolute atomic E-state index is 0.0339. The van der Waals surface area contributed by atoms with Crippen molar-refractivity contribution in [2.24, 2.45) is 0 Å². The minimum atomic E-state index is -0.307. The number of hydrogen-bond acceptors (Lipinski definition) is 3. The molecule has 2 rings (SSSR count). The minimum Gasteiger partial charge on any atom is -0.375 e. The number of anilines is 1. The molecule has 20 heavy (non-hydrogen) atoms. The summed E-state index contributed by atoms with van der Waals surface area (Å²) >= 11 is 0. The number of benzene rings is 1. The maximum Gasteiger partial charge on any atom is 0.181 e. The predicted molar refractivity (Wildman–Crippen MR) is 80.9 cm³/mol. The lowest BCUT2D eigenvalue weighted by molar-refractivity contribution is -0.116. The Bertz CT molecular complexity index is 599. The van der Waals surface area contributed by atoms with Gasteiger partial charge in [0.05, 0.1) is 6.04 Å².